The first-order valence-electron chi connectivity index (χ1n) is 10.5. The van der Waals surface area contributed by atoms with Crippen molar-refractivity contribution >= 4 is 0 Å². The highest BCUT2D eigenvalue weighted by Crippen LogP contribution is 2.29. The molecule has 0 amide bonds. The van der Waals surface area contributed by atoms with Gasteiger partial charge in [-0.3, -0.25) is 0 Å². The topological polar surface area (TPSA) is 0 Å². The van der Waals surface area contributed by atoms with Crippen molar-refractivity contribution in [2.75, 3.05) is 0 Å². The summed E-state index contributed by atoms with van der Waals surface area (Å²) < 4.78 is 0. The van der Waals surface area contributed by atoms with Gasteiger partial charge in [0.2, 0.25) is 0 Å². The van der Waals surface area contributed by atoms with Crippen molar-refractivity contribution in [1.82, 2.24) is 0 Å². The number of benzene rings is 1. The average Bonchev–Trinajstić information content (AvgIpc) is 2.45. The minimum absolute atomic E-state index is 0. The molecule has 0 atom stereocenters. The van der Waals surface area contributed by atoms with Gasteiger partial charge in [-0.25, -0.2) is 0 Å². The minimum Gasteiger partial charge on any atom is -0.0776 e. The zero-order chi connectivity index (χ0) is 19.9. The lowest BCUT2D eigenvalue weighted by Crippen LogP contribution is -2.21. The molecule has 0 radical (unpaired) electrons. The summed E-state index contributed by atoms with van der Waals surface area (Å²) in [6.45, 7) is 27.6. The standard InChI is InChI=1S/C15H24.C10H22.2CH4/c1-10(2)13-7-8-14(11(3)4)15(9-13)12(5)6;1-7(2)10(8(3)4)9(5)6;;/h7-12H,1-6H3;7-10H,1-6H3;2*1H4. The third kappa shape index (κ3) is 10.4. The summed E-state index contributed by atoms with van der Waals surface area (Å²) >= 11 is 0. The van der Waals surface area contributed by atoms with Crippen LogP contribution in [0.25, 0.3) is 0 Å². The Balaban J connectivity index is -0.000000427. The normalized spacial score (nSPS) is 11.2. The van der Waals surface area contributed by atoms with Gasteiger partial charge in [0.25, 0.3) is 0 Å². The van der Waals surface area contributed by atoms with Crippen LogP contribution in [0.1, 0.15) is 132 Å². The molecule has 1 rings (SSSR count). The van der Waals surface area contributed by atoms with Gasteiger partial charge in [-0.05, 0) is 58.1 Å². The Bertz CT molecular complexity index is 456. The molecule has 0 aromatic heterocycles. The van der Waals surface area contributed by atoms with Crippen molar-refractivity contribution in [2.24, 2.45) is 23.7 Å². The molecule has 0 bridgehead atoms. The fourth-order valence-electron chi connectivity index (χ4n) is 4.29. The van der Waals surface area contributed by atoms with E-state index in [1.165, 1.54) is 16.7 Å². The molecule has 0 nitrogen and oxygen atoms in total. The lowest BCUT2D eigenvalue weighted by atomic mass is 9.78. The first kappa shape index (κ1) is 30.9. The lowest BCUT2D eigenvalue weighted by molar-refractivity contribution is 0.212. The summed E-state index contributed by atoms with van der Waals surface area (Å²) in [7, 11) is 0. The largest absolute Gasteiger partial charge is 0.0776 e. The second-order valence-electron chi connectivity index (χ2n) is 9.66. The van der Waals surface area contributed by atoms with E-state index in [0.717, 1.165) is 23.7 Å². The second kappa shape index (κ2) is 14.3. The maximum Gasteiger partial charge on any atom is -0.0216 e. The number of hydrogen-bond acceptors (Lipinski definition) is 0. The molecular weight excluding hydrogens is 324 g/mol. The molecular formula is C27H54. The molecule has 1 aromatic carbocycles. The zero-order valence-electron chi connectivity index (χ0n) is 19.3. The molecule has 0 saturated heterocycles. The maximum absolute atomic E-state index is 2.39. The van der Waals surface area contributed by atoms with E-state index in [1.807, 2.05) is 0 Å². The van der Waals surface area contributed by atoms with Crippen LogP contribution in [0.4, 0.5) is 0 Å². The van der Waals surface area contributed by atoms with Crippen LogP contribution in [0.5, 0.6) is 0 Å². The second-order valence-corrected chi connectivity index (χ2v) is 9.66. The van der Waals surface area contributed by atoms with Crippen molar-refractivity contribution in [1.29, 1.82) is 0 Å². The number of hydrogen-bond donors (Lipinski definition) is 0. The van der Waals surface area contributed by atoms with Crippen LogP contribution < -0.4 is 0 Å². The highest BCUT2D eigenvalue weighted by molar-refractivity contribution is 5.37. The first-order chi connectivity index (χ1) is 11.4. The van der Waals surface area contributed by atoms with Crippen molar-refractivity contribution in [3.8, 4) is 0 Å². The quantitative estimate of drug-likeness (QED) is 0.462. The van der Waals surface area contributed by atoms with Crippen molar-refractivity contribution in [2.45, 2.75) is 116 Å². The highest BCUT2D eigenvalue weighted by atomic mass is 14.3. The predicted molar refractivity (Wildman–Crippen MR) is 130 cm³/mol. The molecule has 0 aliphatic heterocycles. The molecule has 0 heterocycles. The van der Waals surface area contributed by atoms with Crippen molar-refractivity contribution in [3.63, 3.8) is 0 Å². The van der Waals surface area contributed by atoms with Crippen LogP contribution in [0.3, 0.4) is 0 Å². The summed E-state index contributed by atoms with van der Waals surface area (Å²) in [5.74, 6) is 5.27. The van der Waals surface area contributed by atoms with Crippen molar-refractivity contribution < 1.29 is 0 Å². The smallest absolute Gasteiger partial charge is 0.0216 e. The van der Waals surface area contributed by atoms with E-state index in [0.29, 0.717) is 17.8 Å². The number of rotatable bonds is 6. The Morgan fingerprint density at radius 1 is 0.481 bits per heavy atom. The van der Waals surface area contributed by atoms with Crippen LogP contribution in [-0.4, -0.2) is 0 Å². The third-order valence-electron chi connectivity index (χ3n) is 5.33. The van der Waals surface area contributed by atoms with Crippen LogP contribution in [-0.2, 0) is 0 Å². The van der Waals surface area contributed by atoms with Gasteiger partial charge in [0, 0.05) is 0 Å². The van der Waals surface area contributed by atoms with E-state index in [1.54, 1.807) is 0 Å². The molecule has 27 heavy (non-hydrogen) atoms. The molecule has 0 saturated carbocycles. The van der Waals surface area contributed by atoms with E-state index < -0.39 is 0 Å². The summed E-state index contributed by atoms with van der Waals surface area (Å²) in [6.07, 6.45) is 0. The van der Waals surface area contributed by atoms with Crippen LogP contribution in [0.2, 0.25) is 0 Å². The molecule has 1 aromatic rings. The van der Waals surface area contributed by atoms with Gasteiger partial charge in [0.1, 0.15) is 0 Å². The monoisotopic (exact) mass is 378 g/mol. The molecule has 0 N–H and O–H groups in total. The Labute approximate surface area is 174 Å². The average molecular weight is 379 g/mol. The van der Waals surface area contributed by atoms with Crippen LogP contribution >= 0.6 is 0 Å². The SMILES string of the molecule is C.C.CC(C)C(C(C)C)C(C)C.CC(C)c1ccc(C(C)C)c(C(C)C)c1. The summed E-state index contributed by atoms with van der Waals surface area (Å²) in [4.78, 5) is 0. The molecule has 0 unspecified atom stereocenters. The fourth-order valence-corrected chi connectivity index (χ4v) is 4.29. The lowest BCUT2D eigenvalue weighted by Gasteiger charge is -2.28. The van der Waals surface area contributed by atoms with E-state index >= 15 is 0 Å². The Hall–Kier alpha value is -0.780. The van der Waals surface area contributed by atoms with Gasteiger partial charge < -0.3 is 0 Å². The zero-order valence-corrected chi connectivity index (χ0v) is 19.3. The van der Waals surface area contributed by atoms with E-state index in [4.69, 9.17) is 0 Å². The summed E-state index contributed by atoms with van der Waals surface area (Å²) in [6, 6.07) is 6.99. The molecule has 0 aliphatic carbocycles. The van der Waals surface area contributed by atoms with Gasteiger partial charge >= 0.3 is 0 Å². The van der Waals surface area contributed by atoms with E-state index in [9.17, 15) is 0 Å². The van der Waals surface area contributed by atoms with Gasteiger partial charge in [-0.15, -0.1) is 0 Å². The minimum atomic E-state index is 0. The maximum atomic E-state index is 2.39. The molecule has 0 spiro atoms. The Kier molecular flexibility index (Phi) is 16.3. The van der Waals surface area contributed by atoms with E-state index in [2.05, 4.69) is 101 Å². The summed E-state index contributed by atoms with van der Waals surface area (Å²) in [5.41, 5.74) is 4.49. The van der Waals surface area contributed by atoms with E-state index in [-0.39, 0.29) is 14.9 Å². The van der Waals surface area contributed by atoms with Gasteiger partial charge in [0.05, 0.1) is 0 Å². The fraction of sp³-hybridized carbons (Fsp3) is 0.778. The molecule has 0 fully saturated rings. The van der Waals surface area contributed by atoms with Gasteiger partial charge in [-0.1, -0.05) is 116 Å². The third-order valence-corrected chi connectivity index (χ3v) is 5.33. The Morgan fingerprint density at radius 2 is 0.852 bits per heavy atom. The first-order valence-corrected chi connectivity index (χ1v) is 10.5. The highest BCUT2D eigenvalue weighted by Gasteiger charge is 2.20. The molecule has 0 aliphatic rings. The van der Waals surface area contributed by atoms with Gasteiger partial charge in [0.15, 0.2) is 0 Å². The van der Waals surface area contributed by atoms with Crippen molar-refractivity contribution in [3.05, 3.63) is 34.9 Å². The molecule has 162 valence electrons. The summed E-state index contributed by atoms with van der Waals surface area (Å²) in [5, 5.41) is 0. The predicted octanol–water partition coefficient (Wildman–Crippen LogP) is 9.90. The Morgan fingerprint density at radius 3 is 1.07 bits per heavy atom. The molecule has 0 heteroatoms. The van der Waals surface area contributed by atoms with Crippen LogP contribution in [0, 0.1) is 23.7 Å². The van der Waals surface area contributed by atoms with Crippen LogP contribution in [0.15, 0.2) is 18.2 Å². The van der Waals surface area contributed by atoms with Gasteiger partial charge in [-0.2, -0.15) is 0 Å².